The Kier molecular flexibility index (Phi) is 5.76. The van der Waals surface area contributed by atoms with Crippen molar-refractivity contribution in [1.29, 1.82) is 0 Å². The van der Waals surface area contributed by atoms with Crippen molar-refractivity contribution in [2.45, 2.75) is 32.2 Å². The van der Waals surface area contributed by atoms with Crippen LogP contribution in [0.25, 0.3) is 10.2 Å². The van der Waals surface area contributed by atoms with Crippen molar-refractivity contribution < 1.29 is 14.3 Å². The molecule has 1 unspecified atom stereocenters. The number of para-hydroxylation sites is 1. The first-order valence-corrected chi connectivity index (χ1v) is 10.6. The van der Waals surface area contributed by atoms with Crippen LogP contribution in [-0.2, 0) is 4.79 Å². The molecule has 28 heavy (non-hydrogen) atoms. The third-order valence-corrected chi connectivity index (χ3v) is 5.97. The third kappa shape index (κ3) is 4.12. The summed E-state index contributed by atoms with van der Waals surface area (Å²) < 4.78 is 12.5. The van der Waals surface area contributed by atoms with Gasteiger partial charge in [-0.1, -0.05) is 19.1 Å². The lowest BCUT2D eigenvalue weighted by Gasteiger charge is -2.23. The van der Waals surface area contributed by atoms with E-state index < -0.39 is 0 Å². The van der Waals surface area contributed by atoms with E-state index in [1.807, 2.05) is 47.4 Å². The number of likely N-dealkylation sites (tertiary alicyclic amines) is 1. The number of thiazole rings is 1. The summed E-state index contributed by atoms with van der Waals surface area (Å²) in [6.07, 6.45) is 2.92. The Morgan fingerprint density at radius 1 is 1.14 bits per heavy atom. The van der Waals surface area contributed by atoms with E-state index in [0.717, 1.165) is 42.1 Å². The highest BCUT2D eigenvalue weighted by atomic mass is 32.1. The normalized spacial score (nSPS) is 16.5. The van der Waals surface area contributed by atoms with Gasteiger partial charge in [0.15, 0.2) is 6.61 Å². The molecule has 5 nitrogen and oxygen atoms in total. The van der Waals surface area contributed by atoms with Crippen LogP contribution in [0.2, 0.25) is 0 Å². The quantitative estimate of drug-likeness (QED) is 0.574. The minimum atomic E-state index is 0.00747. The average molecular weight is 397 g/mol. The molecule has 0 saturated carbocycles. The van der Waals surface area contributed by atoms with Crippen LogP contribution in [0.15, 0.2) is 48.5 Å². The summed E-state index contributed by atoms with van der Waals surface area (Å²) >= 11 is 1.68. The van der Waals surface area contributed by atoms with Crippen LogP contribution in [0, 0.1) is 0 Å². The van der Waals surface area contributed by atoms with Crippen LogP contribution in [0.1, 0.15) is 37.2 Å². The fourth-order valence-electron chi connectivity index (χ4n) is 3.43. The van der Waals surface area contributed by atoms with Crippen molar-refractivity contribution in [1.82, 2.24) is 9.88 Å². The molecule has 146 valence electrons. The maximum absolute atomic E-state index is 12.8. The first-order valence-electron chi connectivity index (χ1n) is 9.75. The predicted molar refractivity (Wildman–Crippen MR) is 111 cm³/mol. The van der Waals surface area contributed by atoms with Crippen molar-refractivity contribution in [2.75, 3.05) is 19.8 Å². The van der Waals surface area contributed by atoms with Crippen LogP contribution < -0.4 is 9.47 Å². The molecule has 1 aliphatic heterocycles. The standard InChI is InChI=1S/C22H24N2O3S/c1-2-14-26-16-9-11-17(12-10-16)27-15-21(25)24-13-5-7-19(24)22-23-18-6-3-4-8-20(18)28-22/h3-4,6,8-12,19H,2,5,7,13-15H2,1H3. The van der Waals surface area contributed by atoms with Crippen molar-refractivity contribution in [3.8, 4) is 11.5 Å². The number of fused-ring (bicyclic) bond motifs is 1. The SMILES string of the molecule is CCCOc1ccc(OCC(=O)N2CCCC2c2nc3ccccc3s2)cc1. The molecule has 0 spiro atoms. The van der Waals surface area contributed by atoms with E-state index in [9.17, 15) is 4.79 Å². The van der Waals surface area contributed by atoms with Crippen LogP contribution in [-0.4, -0.2) is 35.5 Å². The molecule has 1 saturated heterocycles. The Hall–Kier alpha value is -2.60. The van der Waals surface area contributed by atoms with Gasteiger partial charge in [-0.15, -0.1) is 11.3 Å². The van der Waals surface area contributed by atoms with Crippen molar-refractivity contribution in [3.05, 3.63) is 53.5 Å². The smallest absolute Gasteiger partial charge is 0.261 e. The van der Waals surface area contributed by atoms with Gasteiger partial charge in [0.05, 0.1) is 22.9 Å². The lowest BCUT2D eigenvalue weighted by molar-refractivity contribution is -0.134. The Bertz CT molecular complexity index is 905. The van der Waals surface area contributed by atoms with Crippen LogP contribution >= 0.6 is 11.3 Å². The highest BCUT2D eigenvalue weighted by Gasteiger charge is 2.32. The summed E-state index contributed by atoms with van der Waals surface area (Å²) in [5, 5.41) is 1.02. The van der Waals surface area contributed by atoms with E-state index in [2.05, 4.69) is 13.0 Å². The molecule has 0 radical (unpaired) electrons. The van der Waals surface area contributed by atoms with Gasteiger partial charge < -0.3 is 14.4 Å². The lowest BCUT2D eigenvalue weighted by atomic mass is 10.2. The maximum atomic E-state index is 12.8. The molecule has 0 aliphatic carbocycles. The third-order valence-electron chi connectivity index (χ3n) is 4.83. The molecule has 1 amide bonds. The number of nitrogens with zero attached hydrogens (tertiary/aromatic N) is 2. The Balaban J connectivity index is 1.38. The van der Waals surface area contributed by atoms with Gasteiger partial charge in [0.2, 0.25) is 0 Å². The first kappa shape index (κ1) is 18.7. The second kappa shape index (κ2) is 8.61. The van der Waals surface area contributed by atoms with Crippen molar-refractivity contribution >= 4 is 27.5 Å². The highest BCUT2D eigenvalue weighted by Crippen LogP contribution is 2.36. The molecule has 1 aromatic heterocycles. The molecule has 0 bridgehead atoms. The number of carbonyl (C=O) groups is 1. The van der Waals surface area contributed by atoms with Crippen molar-refractivity contribution in [3.63, 3.8) is 0 Å². The summed E-state index contributed by atoms with van der Waals surface area (Å²) in [6, 6.07) is 15.6. The molecule has 0 N–H and O–H groups in total. The summed E-state index contributed by atoms with van der Waals surface area (Å²) in [4.78, 5) is 19.4. The summed E-state index contributed by atoms with van der Waals surface area (Å²) in [6.45, 7) is 3.56. The van der Waals surface area contributed by atoms with E-state index in [1.165, 1.54) is 4.70 Å². The first-order chi connectivity index (χ1) is 13.7. The van der Waals surface area contributed by atoms with Gasteiger partial charge in [0.25, 0.3) is 5.91 Å². The summed E-state index contributed by atoms with van der Waals surface area (Å²) in [7, 11) is 0. The van der Waals surface area contributed by atoms with Crippen molar-refractivity contribution in [2.24, 2.45) is 0 Å². The Morgan fingerprint density at radius 3 is 2.64 bits per heavy atom. The lowest BCUT2D eigenvalue weighted by Crippen LogP contribution is -2.34. The average Bonchev–Trinajstić information content (AvgIpc) is 3.37. The number of carbonyl (C=O) groups excluding carboxylic acids is 1. The zero-order valence-electron chi connectivity index (χ0n) is 16.0. The Morgan fingerprint density at radius 2 is 1.89 bits per heavy atom. The number of hydrogen-bond acceptors (Lipinski definition) is 5. The van der Waals surface area contributed by atoms with E-state index in [-0.39, 0.29) is 18.6 Å². The largest absolute Gasteiger partial charge is 0.494 e. The van der Waals surface area contributed by atoms with Gasteiger partial charge in [0, 0.05) is 6.54 Å². The second-order valence-corrected chi connectivity index (χ2v) is 7.94. The van der Waals surface area contributed by atoms with Gasteiger partial charge in [0.1, 0.15) is 16.5 Å². The summed E-state index contributed by atoms with van der Waals surface area (Å²) in [5.74, 6) is 1.50. The molecule has 4 rings (SSSR count). The number of aromatic nitrogens is 1. The van der Waals surface area contributed by atoms with Crippen LogP contribution in [0.3, 0.4) is 0 Å². The monoisotopic (exact) mass is 396 g/mol. The molecule has 2 aromatic carbocycles. The molecule has 1 fully saturated rings. The van der Waals surface area contributed by atoms with Gasteiger partial charge >= 0.3 is 0 Å². The van der Waals surface area contributed by atoms with Gasteiger partial charge in [-0.25, -0.2) is 4.98 Å². The topological polar surface area (TPSA) is 51.7 Å². The molecular weight excluding hydrogens is 372 g/mol. The van der Waals surface area contributed by atoms with E-state index in [1.54, 1.807) is 11.3 Å². The minimum absolute atomic E-state index is 0.00747. The highest BCUT2D eigenvalue weighted by molar-refractivity contribution is 7.18. The predicted octanol–water partition coefficient (Wildman–Crippen LogP) is 4.83. The molecular formula is C22H24N2O3S. The van der Waals surface area contributed by atoms with Crippen LogP contribution in [0.4, 0.5) is 0 Å². The van der Waals surface area contributed by atoms with Crippen LogP contribution in [0.5, 0.6) is 11.5 Å². The number of benzene rings is 2. The summed E-state index contributed by atoms with van der Waals surface area (Å²) in [5.41, 5.74) is 1.00. The molecule has 2 heterocycles. The second-order valence-electron chi connectivity index (χ2n) is 6.87. The number of hydrogen-bond donors (Lipinski definition) is 0. The number of ether oxygens (including phenoxy) is 2. The van der Waals surface area contributed by atoms with E-state index in [4.69, 9.17) is 14.5 Å². The zero-order chi connectivity index (χ0) is 19.3. The maximum Gasteiger partial charge on any atom is 0.261 e. The molecule has 6 heteroatoms. The van der Waals surface area contributed by atoms with E-state index >= 15 is 0 Å². The number of amides is 1. The van der Waals surface area contributed by atoms with Gasteiger partial charge in [-0.3, -0.25) is 4.79 Å². The number of rotatable bonds is 7. The fraction of sp³-hybridized carbons (Fsp3) is 0.364. The van der Waals surface area contributed by atoms with Gasteiger partial charge in [-0.05, 0) is 55.7 Å². The molecule has 3 aromatic rings. The Labute approximate surface area is 168 Å². The molecule has 1 aliphatic rings. The minimum Gasteiger partial charge on any atom is -0.494 e. The van der Waals surface area contributed by atoms with E-state index in [0.29, 0.717) is 12.4 Å². The van der Waals surface area contributed by atoms with Gasteiger partial charge in [-0.2, -0.15) is 0 Å². The zero-order valence-corrected chi connectivity index (χ0v) is 16.8. The fourth-order valence-corrected chi connectivity index (χ4v) is 4.55. The molecule has 1 atom stereocenters.